The highest BCUT2D eigenvalue weighted by Gasteiger charge is 2.30. The first kappa shape index (κ1) is 6.41. The van der Waals surface area contributed by atoms with Gasteiger partial charge >= 0.3 is 0 Å². The molecule has 1 rings (SSSR count). The lowest BCUT2D eigenvalue weighted by atomic mass is 9.16. The van der Waals surface area contributed by atoms with Crippen molar-refractivity contribution in [3.63, 3.8) is 0 Å². The standard InChI is InChI=1S/C2H4B5N/c3-2(4)1-7(8)6-5-2/h1,8H2. The fourth-order valence-corrected chi connectivity index (χ4v) is 0.847. The zero-order valence-corrected chi connectivity index (χ0v) is 4.67. The van der Waals surface area contributed by atoms with E-state index in [1.807, 2.05) is 7.06 Å². The summed E-state index contributed by atoms with van der Waals surface area (Å²) in [7, 11) is 14.5. The predicted molar refractivity (Wildman–Crippen MR) is 40.5 cm³/mol. The van der Waals surface area contributed by atoms with Gasteiger partial charge in [-0.15, -0.1) is 5.11 Å². The Morgan fingerprint density at radius 1 is 1.62 bits per heavy atom. The van der Waals surface area contributed by atoms with Crippen LogP contribution in [0.2, 0.25) is 11.4 Å². The molecule has 0 aromatic heterocycles. The van der Waals surface area contributed by atoms with Crippen molar-refractivity contribution in [3.8, 4) is 0 Å². The fraction of sp³-hybridized carbons (Fsp3) is 1.00. The Morgan fingerprint density at radius 3 is 2.38 bits per heavy atom. The molecule has 1 fully saturated rings. The molecule has 0 amide bonds. The topological polar surface area (TPSA) is 26.0 Å². The smallest absolute Gasteiger partial charge is 0.161 e. The van der Waals surface area contributed by atoms with Gasteiger partial charge in [0.1, 0.15) is 0 Å². The van der Waals surface area contributed by atoms with Gasteiger partial charge in [0.2, 0.25) is 0 Å². The summed E-state index contributed by atoms with van der Waals surface area (Å²) in [5.74, 6) is 0. The van der Waals surface area contributed by atoms with Crippen LogP contribution in [0, 0.1) is 0 Å². The molecule has 1 aliphatic rings. The van der Waals surface area contributed by atoms with Crippen LogP contribution in [-0.4, -0.2) is 36.7 Å². The van der Waals surface area contributed by atoms with Gasteiger partial charge < -0.3 is 5.64 Å². The lowest BCUT2D eigenvalue weighted by Gasteiger charge is -2.16. The van der Waals surface area contributed by atoms with E-state index in [1.54, 1.807) is 7.17 Å². The van der Waals surface area contributed by atoms with E-state index in [2.05, 4.69) is 0 Å². The predicted octanol–water partition coefficient (Wildman–Crippen LogP) is -1.82. The van der Waals surface area contributed by atoms with Gasteiger partial charge in [0.25, 0.3) is 0 Å². The zero-order chi connectivity index (χ0) is 6.20. The van der Waals surface area contributed by atoms with Crippen LogP contribution in [0.4, 0.5) is 0 Å². The molecule has 1 aliphatic heterocycles. The molecule has 32 valence electrons. The number of hydrogen-bond acceptors (Lipinski definition) is 1. The first-order chi connectivity index (χ1) is 3.60. The average molecular weight is 96.1 g/mol. The van der Waals surface area contributed by atoms with Crippen LogP contribution in [0.15, 0.2) is 0 Å². The van der Waals surface area contributed by atoms with Gasteiger partial charge in [-0.05, 0) is 0 Å². The number of nitrogens with two attached hydrogens (primary N) is 1. The van der Waals surface area contributed by atoms with E-state index in [1.165, 1.54) is 0 Å². The lowest BCUT2D eigenvalue weighted by Crippen LogP contribution is -2.29. The van der Waals surface area contributed by atoms with Crippen LogP contribution in [0.25, 0.3) is 0 Å². The minimum atomic E-state index is -0.639. The van der Waals surface area contributed by atoms with Gasteiger partial charge in [0, 0.05) is 22.9 Å². The number of rotatable bonds is 0. The van der Waals surface area contributed by atoms with E-state index in [4.69, 9.17) is 21.3 Å². The van der Waals surface area contributed by atoms with Gasteiger partial charge in [-0.1, -0.05) is 6.32 Å². The molecular weight excluding hydrogens is 92.1 g/mol. The molecule has 1 nitrogen and oxygen atoms in total. The highest BCUT2D eigenvalue weighted by atomic mass is 14.4. The van der Waals surface area contributed by atoms with E-state index in [-0.39, 0.29) is 6.74 Å². The van der Waals surface area contributed by atoms with Crippen molar-refractivity contribution >= 4 is 36.7 Å². The lowest BCUT2D eigenvalue weighted by molar-refractivity contribution is 1.21. The van der Waals surface area contributed by atoms with Crippen LogP contribution in [0.3, 0.4) is 0 Å². The fourth-order valence-electron chi connectivity index (χ4n) is 0.847. The summed E-state index contributed by atoms with van der Waals surface area (Å²) >= 11 is 0. The van der Waals surface area contributed by atoms with Gasteiger partial charge in [0.05, 0.1) is 7.06 Å². The maximum Gasteiger partial charge on any atom is 0.161 e. The van der Waals surface area contributed by atoms with Crippen LogP contribution >= 0.6 is 0 Å². The van der Waals surface area contributed by atoms with E-state index in [0.717, 1.165) is 0 Å². The van der Waals surface area contributed by atoms with E-state index >= 15 is 0 Å². The van der Waals surface area contributed by atoms with Gasteiger partial charge in [-0.25, -0.2) is 0 Å². The van der Waals surface area contributed by atoms with Crippen molar-refractivity contribution in [1.29, 1.82) is 0 Å². The Hall–Kier alpha value is 0.285. The summed E-state index contributed by atoms with van der Waals surface area (Å²) in [6.07, 6.45) is 0.660. The number of hydrogen-bond donors (Lipinski definition) is 1. The third-order valence-electron chi connectivity index (χ3n) is 1.24. The Balaban J connectivity index is 2.44. The Kier molecular flexibility index (Phi) is 1.53. The molecule has 0 spiro atoms. The van der Waals surface area contributed by atoms with Crippen molar-refractivity contribution < 1.29 is 0 Å². The van der Waals surface area contributed by atoms with Crippen LogP contribution in [-0.2, 0) is 0 Å². The van der Waals surface area contributed by atoms with Crippen LogP contribution in [0.1, 0.15) is 0 Å². The minimum absolute atomic E-state index is 0.0602. The molecule has 0 bridgehead atoms. The summed E-state index contributed by atoms with van der Waals surface area (Å²) < 4.78 is 0. The Labute approximate surface area is 54.5 Å². The molecule has 0 atom stereocenters. The second-order valence-electron chi connectivity index (χ2n) is 2.34. The van der Waals surface area contributed by atoms with Crippen molar-refractivity contribution in [2.45, 2.75) is 11.4 Å². The summed E-state index contributed by atoms with van der Waals surface area (Å²) in [4.78, 5) is 0. The minimum Gasteiger partial charge on any atom is -0.377 e. The quantitative estimate of drug-likeness (QED) is 0.353. The Morgan fingerprint density at radius 2 is 2.25 bits per heavy atom. The second-order valence-corrected chi connectivity index (χ2v) is 2.34. The molecule has 1 saturated heterocycles. The summed E-state index contributed by atoms with van der Waals surface area (Å²) in [5.41, 5.74) is 5.46. The summed E-state index contributed by atoms with van der Waals surface area (Å²) in [5, 5.41) is -0.639. The summed E-state index contributed by atoms with van der Waals surface area (Å²) in [6.45, 7) is 0.0602. The van der Waals surface area contributed by atoms with Crippen molar-refractivity contribution in [1.82, 2.24) is 0 Å². The zero-order valence-electron chi connectivity index (χ0n) is 4.67. The second kappa shape index (κ2) is 1.91. The Bertz CT molecular complexity index is 92.4. The first-order valence-corrected chi connectivity index (χ1v) is 2.63. The molecule has 2 N–H and O–H groups in total. The van der Waals surface area contributed by atoms with Crippen molar-refractivity contribution in [2.24, 2.45) is 5.64 Å². The molecule has 8 heavy (non-hydrogen) atoms. The van der Waals surface area contributed by atoms with Crippen molar-refractivity contribution in [3.05, 3.63) is 0 Å². The van der Waals surface area contributed by atoms with Crippen LogP contribution < -0.4 is 5.64 Å². The molecule has 0 saturated carbocycles. The molecule has 0 unspecified atom stereocenters. The molecule has 6 radical (unpaired) electrons. The maximum absolute atomic E-state index is 5.48. The largest absolute Gasteiger partial charge is 0.377 e. The van der Waals surface area contributed by atoms with Crippen molar-refractivity contribution in [2.75, 3.05) is 0 Å². The average Bonchev–Trinajstić information content (AvgIpc) is 1.82. The van der Waals surface area contributed by atoms with Gasteiger partial charge in [0.15, 0.2) is 6.74 Å². The van der Waals surface area contributed by atoms with E-state index < -0.39 is 5.11 Å². The highest BCUT2D eigenvalue weighted by molar-refractivity contribution is 7.40. The molecule has 0 aliphatic carbocycles. The molecule has 0 aromatic rings. The molecular formula is C2H4B5N. The normalized spacial score (nSPS) is 24.4. The van der Waals surface area contributed by atoms with Gasteiger partial charge in [-0.3, -0.25) is 0 Å². The molecule has 0 aromatic carbocycles. The first-order valence-electron chi connectivity index (χ1n) is 2.63. The highest BCUT2D eigenvalue weighted by Crippen LogP contribution is 2.24. The summed E-state index contributed by atoms with van der Waals surface area (Å²) in [6, 6.07) is 0. The third-order valence-corrected chi connectivity index (χ3v) is 1.24. The van der Waals surface area contributed by atoms with E-state index in [9.17, 15) is 0 Å². The monoisotopic (exact) mass is 97.1 g/mol. The third kappa shape index (κ3) is 1.38. The maximum atomic E-state index is 5.48. The van der Waals surface area contributed by atoms with E-state index in [0.29, 0.717) is 6.32 Å². The molecule has 6 heteroatoms. The molecule has 1 heterocycles. The van der Waals surface area contributed by atoms with Gasteiger partial charge in [-0.2, -0.15) is 0 Å². The SMILES string of the molecule is [B]C1([B])[B][B]B(N)C1. The van der Waals surface area contributed by atoms with Crippen LogP contribution in [0.5, 0.6) is 0 Å².